The Hall–Kier alpha value is -9.96. The van der Waals surface area contributed by atoms with E-state index in [1.807, 2.05) is 0 Å². The fourth-order valence-electron chi connectivity index (χ4n) is 12.6. The van der Waals surface area contributed by atoms with Gasteiger partial charge in [-0.2, -0.15) is 0 Å². The fourth-order valence-corrected chi connectivity index (χ4v) is 12.6. The van der Waals surface area contributed by atoms with Crippen LogP contribution in [0.25, 0.3) is 111 Å². The summed E-state index contributed by atoms with van der Waals surface area (Å²) in [6.07, 6.45) is 0. The van der Waals surface area contributed by atoms with Crippen LogP contribution in [0.5, 0.6) is 0 Å². The first-order chi connectivity index (χ1) is 38.4. The molecule has 1 aliphatic rings. The Bertz CT molecular complexity index is 4530. The maximum atomic E-state index is 2.44. The SMILES string of the molecule is CC1(C)c2cc(N(c3ccc(-c4ccc(-c5ccccc5)cc4)cc3)c3ccc(-c4ccc(-c5ccc6c(c5)c5ccccc5n6-c5ccccc5)cc4)cc3)ccc2-c2ccc(-n3c4ccccc4c4ccccc43)cc21. The van der Waals surface area contributed by atoms with Gasteiger partial charge in [0.15, 0.2) is 0 Å². The van der Waals surface area contributed by atoms with Crippen LogP contribution in [0.2, 0.25) is 0 Å². The van der Waals surface area contributed by atoms with Crippen LogP contribution >= 0.6 is 0 Å². The predicted octanol–water partition coefficient (Wildman–Crippen LogP) is 20.3. The molecular weight excluding hydrogens is 943 g/mol. The van der Waals surface area contributed by atoms with Crippen molar-refractivity contribution < 1.29 is 0 Å². The van der Waals surface area contributed by atoms with Crippen molar-refractivity contribution in [1.82, 2.24) is 9.13 Å². The Morgan fingerprint density at radius 1 is 0.256 bits per heavy atom. The van der Waals surface area contributed by atoms with Gasteiger partial charge in [0.05, 0.1) is 22.1 Å². The van der Waals surface area contributed by atoms with E-state index in [0.717, 1.165) is 17.1 Å². The monoisotopic (exact) mass is 995 g/mol. The van der Waals surface area contributed by atoms with Gasteiger partial charge in [0.25, 0.3) is 0 Å². The van der Waals surface area contributed by atoms with E-state index in [0.29, 0.717) is 0 Å². The van der Waals surface area contributed by atoms with E-state index >= 15 is 0 Å². The van der Waals surface area contributed by atoms with Gasteiger partial charge in [0, 0.05) is 55.4 Å². The molecule has 0 unspecified atom stereocenters. The van der Waals surface area contributed by atoms with Crippen molar-refractivity contribution in [3.63, 3.8) is 0 Å². The highest BCUT2D eigenvalue weighted by molar-refractivity contribution is 6.11. The molecule has 1 aliphatic carbocycles. The van der Waals surface area contributed by atoms with Gasteiger partial charge >= 0.3 is 0 Å². The average Bonchev–Trinajstić information content (AvgIpc) is 4.26. The molecule has 12 aromatic carbocycles. The topological polar surface area (TPSA) is 13.1 Å². The van der Waals surface area contributed by atoms with E-state index < -0.39 is 0 Å². The summed E-state index contributed by atoms with van der Waals surface area (Å²) in [5, 5.41) is 5.06. The molecular formula is C75H53N3. The van der Waals surface area contributed by atoms with E-state index in [1.165, 1.54) is 122 Å². The lowest BCUT2D eigenvalue weighted by Crippen LogP contribution is -2.17. The Morgan fingerprint density at radius 2 is 0.615 bits per heavy atom. The number of nitrogens with zero attached hydrogens (tertiary/aromatic N) is 3. The Labute approximate surface area is 454 Å². The van der Waals surface area contributed by atoms with Crippen molar-refractivity contribution >= 4 is 60.7 Å². The first kappa shape index (κ1) is 45.4. The van der Waals surface area contributed by atoms with E-state index in [9.17, 15) is 0 Å². The summed E-state index contributed by atoms with van der Waals surface area (Å²) < 4.78 is 4.81. The summed E-state index contributed by atoms with van der Waals surface area (Å²) in [5.74, 6) is 0. The molecule has 0 radical (unpaired) electrons. The Morgan fingerprint density at radius 3 is 1.14 bits per heavy atom. The van der Waals surface area contributed by atoms with Crippen LogP contribution in [0.15, 0.2) is 285 Å². The van der Waals surface area contributed by atoms with Crippen LogP contribution in [-0.2, 0) is 5.41 Å². The molecule has 0 fully saturated rings. The maximum absolute atomic E-state index is 2.44. The molecule has 78 heavy (non-hydrogen) atoms. The Kier molecular flexibility index (Phi) is 10.6. The molecule has 15 rings (SSSR count). The first-order valence-corrected chi connectivity index (χ1v) is 27.1. The molecule has 0 aliphatic heterocycles. The van der Waals surface area contributed by atoms with Crippen molar-refractivity contribution in [2.45, 2.75) is 19.3 Å². The zero-order valence-corrected chi connectivity index (χ0v) is 43.5. The predicted molar refractivity (Wildman–Crippen MR) is 329 cm³/mol. The third-order valence-corrected chi connectivity index (χ3v) is 16.6. The Balaban J connectivity index is 0.774. The third-order valence-electron chi connectivity index (χ3n) is 16.6. The molecule has 2 aromatic heterocycles. The summed E-state index contributed by atoms with van der Waals surface area (Å²) in [7, 11) is 0. The summed E-state index contributed by atoms with van der Waals surface area (Å²) in [5.41, 5.74) is 25.1. The number of fused-ring (bicyclic) bond motifs is 9. The van der Waals surface area contributed by atoms with Gasteiger partial charge in [-0.15, -0.1) is 0 Å². The average molecular weight is 996 g/mol. The highest BCUT2D eigenvalue weighted by Gasteiger charge is 2.37. The van der Waals surface area contributed by atoms with E-state index in [1.54, 1.807) is 0 Å². The summed E-state index contributed by atoms with van der Waals surface area (Å²) in [4.78, 5) is 2.42. The second kappa shape index (κ2) is 18.1. The standard InChI is InChI=1S/C75H53N3/c1-75(2)69-48-61(42-44-63(69)64-45-43-62(49-70(64)75)78-71-22-12-9-19-65(71)66-20-10-13-23-72(66)78)76(59-38-33-54(34-39-59)52-27-25-51(26-28-52)50-15-5-3-6-16-50)60-40-35-55(36-41-60)53-29-31-56(32-30-53)57-37-46-74-68(47-57)67-21-11-14-24-73(67)77(74)58-17-7-4-8-18-58/h3-49H,1-2H3. The maximum Gasteiger partial charge on any atom is 0.0541 e. The van der Waals surface area contributed by atoms with Crippen LogP contribution in [0.1, 0.15) is 25.0 Å². The van der Waals surface area contributed by atoms with Gasteiger partial charge in [0.1, 0.15) is 0 Å². The van der Waals surface area contributed by atoms with Crippen LogP contribution in [0.3, 0.4) is 0 Å². The molecule has 0 saturated carbocycles. The number of benzene rings is 12. The highest BCUT2D eigenvalue weighted by atomic mass is 15.1. The molecule has 0 atom stereocenters. The number of hydrogen-bond donors (Lipinski definition) is 0. The summed E-state index contributed by atoms with van der Waals surface area (Å²) in [6.45, 7) is 4.78. The number of anilines is 3. The normalized spacial score (nSPS) is 12.6. The second-order valence-corrected chi connectivity index (χ2v) is 21.3. The van der Waals surface area contributed by atoms with Gasteiger partial charge in [-0.3, -0.25) is 0 Å². The third kappa shape index (κ3) is 7.42. The van der Waals surface area contributed by atoms with E-state index in [2.05, 4.69) is 313 Å². The van der Waals surface area contributed by atoms with Crippen molar-refractivity contribution in [3.8, 4) is 67.0 Å². The molecule has 0 spiro atoms. The van der Waals surface area contributed by atoms with Gasteiger partial charge < -0.3 is 14.0 Å². The quantitative estimate of drug-likeness (QED) is 0.140. The van der Waals surface area contributed by atoms with Gasteiger partial charge in [-0.1, -0.05) is 208 Å². The van der Waals surface area contributed by atoms with Crippen molar-refractivity contribution in [1.29, 1.82) is 0 Å². The minimum atomic E-state index is -0.250. The largest absolute Gasteiger partial charge is 0.310 e. The van der Waals surface area contributed by atoms with Crippen molar-refractivity contribution in [2.75, 3.05) is 4.90 Å². The first-order valence-electron chi connectivity index (χ1n) is 27.1. The van der Waals surface area contributed by atoms with Crippen LogP contribution in [0, 0.1) is 0 Å². The second-order valence-electron chi connectivity index (χ2n) is 21.3. The molecule has 14 aromatic rings. The molecule has 2 heterocycles. The minimum Gasteiger partial charge on any atom is -0.310 e. The van der Waals surface area contributed by atoms with E-state index in [-0.39, 0.29) is 5.41 Å². The van der Waals surface area contributed by atoms with Gasteiger partial charge in [0.2, 0.25) is 0 Å². The van der Waals surface area contributed by atoms with Gasteiger partial charge in [-0.05, 0) is 158 Å². The van der Waals surface area contributed by atoms with Crippen LogP contribution in [-0.4, -0.2) is 9.13 Å². The number of hydrogen-bond acceptors (Lipinski definition) is 1. The lowest BCUT2D eigenvalue weighted by Gasteiger charge is -2.28. The zero-order valence-electron chi connectivity index (χ0n) is 43.5. The lowest BCUT2D eigenvalue weighted by atomic mass is 9.82. The molecule has 0 bridgehead atoms. The van der Waals surface area contributed by atoms with Crippen molar-refractivity contribution in [3.05, 3.63) is 296 Å². The van der Waals surface area contributed by atoms with Crippen LogP contribution in [0.4, 0.5) is 17.1 Å². The molecule has 0 N–H and O–H groups in total. The van der Waals surface area contributed by atoms with Crippen LogP contribution < -0.4 is 4.90 Å². The van der Waals surface area contributed by atoms with Crippen molar-refractivity contribution in [2.24, 2.45) is 0 Å². The molecule has 0 amide bonds. The number of para-hydroxylation sites is 4. The molecule has 0 saturated heterocycles. The molecule has 3 nitrogen and oxygen atoms in total. The molecule has 3 heteroatoms. The summed E-state index contributed by atoms with van der Waals surface area (Å²) in [6, 6.07) is 105. The smallest absolute Gasteiger partial charge is 0.0541 e. The fraction of sp³-hybridized carbons (Fsp3) is 0.0400. The number of aromatic nitrogens is 2. The lowest BCUT2D eigenvalue weighted by molar-refractivity contribution is 0.660. The summed E-state index contributed by atoms with van der Waals surface area (Å²) >= 11 is 0. The number of rotatable bonds is 9. The minimum absolute atomic E-state index is 0.250. The molecule has 368 valence electrons. The highest BCUT2D eigenvalue weighted by Crippen LogP contribution is 2.52. The zero-order chi connectivity index (χ0) is 51.9. The van der Waals surface area contributed by atoms with Gasteiger partial charge in [-0.25, -0.2) is 0 Å². The van der Waals surface area contributed by atoms with E-state index in [4.69, 9.17) is 0 Å².